The number of aromatic amines is 1. The second-order valence-electron chi connectivity index (χ2n) is 3.95. The van der Waals surface area contributed by atoms with Gasteiger partial charge in [-0.1, -0.05) is 13.8 Å². The number of rotatable bonds is 4. The van der Waals surface area contributed by atoms with Crippen LogP contribution in [0.1, 0.15) is 24.2 Å². The Hall–Kier alpha value is -1.62. The smallest absolute Gasteiger partial charge is 0.253 e. The molecule has 0 fully saturated rings. The van der Waals surface area contributed by atoms with Gasteiger partial charge in [0, 0.05) is 12.3 Å². The average Bonchev–Trinajstić information content (AvgIpc) is 2.26. The summed E-state index contributed by atoms with van der Waals surface area (Å²) in [6, 6.07) is 2.46. The fourth-order valence-electron chi connectivity index (χ4n) is 1.23. The van der Waals surface area contributed by atoms with Crippen LogP contribution in [0.25, 0.3) is 0 Å². The summed E-state index contributed by atoms with van der Waals surface area (Å²) in [4.78, 5) is 24.9. The lowest BCUT2D eigenvalue weighted by Crippen LogP contribution is -2.41. The van der Waals surface area contributed by atoms with Gasteiger partial charge in [-0.15, -0.1) is 0 Å². The highest BCUT2D eigenvalue weighted by molar-refractivity contribution is 5.94. The number of pyridine rings is 1. The Kier molecular flexibility index (Phi) is 4.25. The van der Waals surface area contributed by atoms with Crippen LogP contribution in [-0.2, 0) is 0 Å². The molecular formula is C11H16N2O3. The van der Waals surface area contributed by atoms with Crippen LogP contribution in [0.5, 0.6) is 0 Å². The zero-order valence-electron chi connectivity index (χ0n) is 9.36. The van der Waals surface area contributed by atoms with Crippen LogP contribution in [-0.4, -0.2) is 28.6 Å². The predicted octanol–water partition coefficient (Wildman–Crippen LogP) is 0.122. The Morgan fingerprint density at radius 2 is 2.19 bits per heavy atom. The first kappa shape index (κ1) is 12.4. The molecule has 1 aromatic rings. The molecule has 0 bridgehead atoms. The molecule has 1 heterocycles. The molecular weight excluding hydrogens is 208 g/mol. The van der Waals surface area contributed by atoms with Crippen molar-refractivity contribution < 1.29 is 9.90 Å². The highest BCUT2D eigenvalue weighted by Gasteiger charge is 2.15. The van der Waals surface area contributed by atoms with Gasteiger partial charge < -0.3 is 15.4 Å². The largest absolute Gasteiger partial charge is 0.394 e. The third-order valence-corrected chi connectivity index (χ3v) is 2.36. The number of hydrogen-bond acceptors (Lipinski definition) is 3. The molecule has 5 heteroatoms. The number of H-pyrrole nitrogens is 1. The van der Waals surface area contributed by atoms with E-state index in [4.69, 9.17) is 5.11 Å². The molecule has 1 atom stereocenters. The molecule has 16 heavy (non-hydrogen) atoms. The van der Waals surface area contributed by atoms with E-state index in [-0.39, 0.29) is 30.0 Å². The Morgan fingerprint density at radius 1 is 1.50 bits per heavy atom. The number of aliphatic hydroxyl groups excluding tert-OH is 1. The molecule has 3 N–H and O–H groups in total. The molecule has 0 radical (unpaired) electrons. The third-order valence-electron chi connectivity index (χ3n) is 2.36. The van der Waals surface area contributed by atoms with Crippen molar-refractivity contribution in [2.75, 3.05) is 6.61 Å². The van der Waals surface area contributed by atoms with Crippen LogP contribution in [0.2, 0.25) is 0 Å². The van der Waals surface area contributed by atoms with Crippen LogP contribution in [0.4, 0.5) is 0 Å². The molecule has 0 spiro atoms. The first-order valence-corrected chi connectivity index (χ1v) is 5.15. The van der Waals surface area contributed by atoms with E-state index in [9.17, 15) is 9.59 Å². The molecule has 0 aliphatic rings. The lowest BCUT2D eigenvalue weighted by atomic mass is 10.1. The Labute approximate surface area is 93.5 Å². The molecule has 1 amide bonds. The number of aromatic nitrogens is 1. The fraction of sp³-hybridized carbons (Fsp3) is 0.455. The van der Waals surface area contributed by atoms with E-state index in [1.807, 2.05) is 13.8 Å². The van der Waals surface area contributed by atoms with E-state index in [1.54, 1.807) is 0 Å². The maximum absolute atomic E-state index is 11.7. The summed E-state index contributed by atoms with van der Waals surface area (Å²) in [6.45, 7) is 3.72. The highest BCUT2D eigenvalue weighted by atomic mass is 16.3. The summed E-state index contributed by atoms with van der Waals surface area (Å²) >= 11 is 0. The fourth-order valence-corrected chi connectivity index (χ4v) is 1.23. The van der Waals surface area contributed by atoms with Crippen molar-refractivity contribution in [1.29, 1.82) is 0 Å². The number of hydrogen-bond donors (Lipinski definition) is 3. The van der Waals surface area contributed by atoms with Crippen molar-refractivity contribution in [3.8, 4) is 0 Å². The van der Waals surface area contributed by atoms with Crippen molar-refractivity contribution in [3.63, 3.8) is 0 Å². The van der Waals surface area contributed by atoms with Crippen LogP contribution < -0.4 is 10.9 Å². The molecule has 1 unspecified atom stereocenters. The van der Waals surface area contributed by atoms with E-state index in [0.717, 1.165) is 0 Å². The van der Waals surface area contributed by atoms with E-state index in [2.05, 4.69) is 10.3 Å². The monoisotopic (exact) mass is 224 g/mol. The number of aliphatic hydroxyl groups is 1. The number of carbonyl (C=O) groups is 1. The van der Waals surface area contributed by atoms with Gasteiger partial charge in [-0.3, -0.25) is 9.59 Å². The molecule has 0 saturated carbocycles. The molecule has 0 aliphatic heterocycles. The predicted molar refractivity (Wildman–Crippen MR) is 60.2 cm³/mol. The summed E-state index contributed by atoms with van der Waals surface area (Å²) < 4.78 is 0. The Bertz CT molecular complexity index is 391. The van der Waals surface area contributed by atoms with Gasteiger partial charge in [0.15, 0.2) is 0 Å². The third kappa shape index (κ3) is 3.20. The number of amides is 1. The van der Waals surface area contributed by atoms with E-state index in [0.29, 0.717) is 5.56 Å². The summed E-state index contributed by atoms with van der Waals surface area (Å²) in [5.41, 5.74) is 0.123. The minimum Gasteiger partial charge on any atom is -0.394 e. The molecule has 1 rings (SSSR count). The maximum Gasteiger partial charge on any atom is 0.253 e. The maximum atomic E-state index is 11.7. The lowest BCUT2D eigenvalue weighted by molar-refractivity contribution is 0.0896. The Balaban J connectivity index is 2.71. The van der Waals surface area contributed by atoms with Crippen molar-refractivity contribution in [2.45, 2.75) is 19.9 Å². The zero-order valence-corrected chi connectivity index (χ0v) is 9.36. The zero-order chi connectivity index (χ0) is 12.1. The lowest BCUT2D eigenvalue weighted by Gasteiger charge is -2.19. The molecule has 0 aliphatic carbocycles. The van der Waals surface area contributed by atoms with Gasteiger partial charge in [0.2, 0.25) is 5.56 Å². The topological polar surface area (TPSA) is 82.2 Å². The minimum absolute atomic E-state index is 0.104. The quantitative estimate of drug-likeness (QED) is 0.679. The van der Waals surface area contributed by atoms with E-state index < -0.39 is 0 Å². The van der Waals surface area contributed by atoms with Crippen LogP contribution in [0.3, 0.4) is 0 Å². The number of carbonyl (C=O) groups excluding carboxylic acids is 1. The van der Waals surface area contributed by atoms with Crippen molar-refractivity contribution in [3.05, 3.63) is 34.2 Å². The average molecular weight is 224 g/mol. The standard InChI is InChI=1S/C11H16N2O3/c1-7(2)9(6-14)13-11(16)8-3-4-10(15)12-5-8/h3-5,7,9,14H,6H2,1-2H3,(H,12,15)(H,13,16). The molecule has 1 aromatic heterocycles. The first-order chi connectivity index (χ1) is 7.54. The summed E-state index contributed by atoms with van der Waals surface area (Å²) in [5, 5.41) is 11.8. The van der Waals surface area contributed by atoms with Gasteiger partial charge in [-0.05, 0) is 12.0 Å². The van der Waals surface area contributed by atoms with Crippen LogP contribution in [0, 0.1) is 5.92 Å². The van der Waals surface area contributed by atoms with Crippen molar-refractivity contribution in [1.82, 2.24) is 10.3 Å². The van der Waals surface area contributed by atoms with Gasteiger partial charge in [-0.25, -0.2) is 0 Å². The van der Waals surface area contributed by atoms with Crippen molar-refractivity contribution >= 4 is 5.91 Å². The summed E-state index contributed by atoms with van der Waals surface area (Å²) in [7, 11) is 0. The van der Waals surface area contributed by atoms with Crippen molar-refractivity contribution in [2.24, 2.45) is 5.92 Å². The normalized spacial score (nSPS) is 12.5. The van der Waals surface area contributed by atoms with Gasteiger partial charge >= 0.3 is 0 Å². The molecule has 0 saturated heterocycles. The summed E-state index contributed by atoms with van der Waals surface area (Å²) in [6.07, 6.45) is 1.35. The Morgan fingerprint density at radius 3 is 2.62 bits per heavy atom. The van der Waals surface area contributed by atoms with E-state index >= 15 is 0 Å². The summed E-state index contributed by atoms with van der Waals surface area (Å²) in [5.74, 6) is -0.152. The van der Waals surface area contributed by atoms with Gasteiger partial charge in [-0.2, -0.15) is 0 Å². The molecule has 5 nitrogen and oxygen atoms in total. The highest BCUT2D eigenvalue weighted by Crippen LogP contribution is 2.02. The first-order valence-electron chi connectivity index (χ1n) is 5.15. The second-order valence-corrected chi connectivity index (χ2v) is 3.95. The van der Waals surface area contributed by atoms with E-state index in [1.165, 1.54) is 18.3 Å². The van der Waals surface area contributed by atoms with Gasteiger partial charge in [0.1, 0.15) is 0 Å². The van der Waals surface area contributed by atoms with Gasteiger partial charge in [0.25, 0.3) is 5.91 Å². The van der Waals surface area contributed by atoms with Crippen LogP contribution in [0.15, 0.2) is 23.1 Å². The molecule has 0 aromatic carbocycles. The number of nitrogens with one attached hydrogen (secondary N) is 2. The minimum atomic E-state index is -0.302. The van der Waals surface area contributed by atoms with Crippen LogP contribution >= 0.6 is 0 Å². The second kappa shape index (κ2) is 5.46. The SMILES string of the molecule is CC(C)C(CO)NC(=O)c1ccc(=O)[nH]c1. The molecule has 88 valence electrons. The van der Waals surface area contributed by atoms with Gasteiger partial charge in [0.05, 0.1) is 18.2 Å².